The van der Waals surface area contributed by atoms with Gasteiger partial charge in [0.05, 0.1) is 18.7 Å². The Balaban J connectivity index is 2.23. The van der Waals surface area contributed by atoms with Crippen molar-refractivity contribution in [3.63, 3.8) is 0 Å². The molecule has 1 heterocycles. The predicted octanol–water partition coefficient (Wildman–Crippen LogP) is 0.673. The van der Waals surface area contributed by atoms with Gasteiger partial charge in [0.15, 0.2) is 7.60 Å². The van der Waals surface area contributed by atoms with Crippen molar-refractivity contribution in [2.75, 3.05) is 19.4 Å². The molecule has 0 aliphatic carbocycles. The number of phenolic OH excluding ortho intramolecular Hbond substituents is 2. The van der Waals surface area contributed by atoms with Crippen LogP contribution in [0.25, 0.3) is 0 Å². The molecule has 0 bridgehead atoms. The van der Waals surface area contributed by atoms with Gasteiger partial charge in [-0.3, -0.25) is 0 Å². The number of benzene rings is 1. The van der Waals surface area contributed by atoms with Gasteiger partial charge >= 0.3 is 0 Å². The first-order chi connectivity index (χ1) is 9.85. The van der Waals surface area contributed by atoms with Gasteiger partial charge in [-0.15, -0.1) is 0 Å². The van der Waals surface area contributed by atoms with Gasteiger partial charge in [0.2, 0.25) is 0 Å². The van der Waals surface area contributed by atoms with Crippen molar-refractivity contribution in [3.8, 4) is 11.5 Å². The van der Waals surface area contributed by atoms with Crippen LogP contribution in [0.2, 0.25) is 0 Å². The standard InChI is InChI=1S/C14H22NO5P/c1-3-20-21(18,19)9-15-8-4-5-12(15)11-6-7-13(16)10(2)14(11)17/h6-7,12,16-17H,3-5,8-9H2,1-2H3,(H,18,19). The fraction of sp³-hybridized carbons (Fsp3) is 0.571. The lowest BCUT2D eigenvalue weighted by atomic mass is 10.0. The first kappa shape index (κ1) is 16.3. The molecular formula is C14H22NO5P. The number of aromatic hydroxyl groups is 2. The molecule has 0 amide bonds. The van der Waals surface area contributed by atoms with Gasteiger partial charge in [-0.25, -0.2) is 0 Å². The number of rotatable bonds is 5. The van der Waals surface area contributed by atoms with Crippen LogP contribution in [0, 0.1) is 6.92 Å². The van der Waals surface area contributed by atoms with E-state index in [4.69, 9.17) is 4.52 Å². The monoisotopic (exact) mass is 315 g/mol. The van der Waals surface area contributed by atoms with Gasteiger partial charge in [-0.2, -0.15) is 0 Å². The molecule has 3 unspecified atom stereocenters. The summed E-state index contributed by atoms with van der Waals surface area (Å²) in [5.41, 5.74) is 1.11. The number of quaternary nitrogens is 1. The molecule has 1 aromatic carbocycles. The van der Waals surface area contributed by atoms with Crippen molar-refractivity contribution in [1.82, 2.24) is 0 Å². The minimum atomic E-state index is -3.85. The Bertz CT molecular complexity index is 563. The Hall–Kier alpha value is -1.07. The van der Waals surface area contributed by atoms with Crippen molar-refractivity contribution >= 4 is 7.60 Å². The number of likely N-dealkylation sites (tertiary alicyclic amines) is 1. The fourth-order valence-electron chi connectivity index (χ4n) is 2.96. The van der Waals surface area contributed by atoms with Crippen LogP contribution in [-0.4, -0.2) is 29.7 Å². The molecule has 6 nitrogen and oxygen atoms in total. The highest BCUT2D eigenvalue weighted by molar-refractivity contribution is 7.51. The maximum absolute atomic E-state index is 11.9. The zero-order chi connectivity index (χ0) is 15.6. The summed E-state index contributed by atoms with van der Waals surface area (Å²) in [6.07, 6.45) is 1.62. The zero-order valence-electron chi connectivity index (χ0n) is 12.3. The summed E-state index contributed by atoms with van der Waals surface area (Å²) >= 11 is 0. The zero-order valence-corrected chi connectivity index (χ0v) is 13.2. The topological polar surface area (TPSA) is 94.3 Å². The van der Waals surface area contributed by atoms with E-state index in [2.05, 4.69) is 0 Å². The number of nitrogens with one attached hydrogen (secondary N) is 1. The molecule has 3 atom stereocenters. The summed E-state index contributed by atoms with van der Waals surface area (Å²) in [5, 5.41) is 19.8. The van der Waals surface area contributed by atoms with E-state index in [9.17, 15) is 19.7 Å². The molecule has 0 aromatic heterocycles. The third-order valence-electron chi connectivity index (χ3n) is 4.02. The first-order valence-electron chi connectivity index (χ1n) is 7.16. The van der Waals surface area contributed by atoms with Gasteiger partial charge in [-0.1, -0.05) is 0 Å². The number of hydrogen-bond donors (Lipinski definition) is 3. The highest BCUT2D eigenvalue weighted by Crippen LogP contribution is 2.38. The molecule has 21 heavy (non-hydrogen) atoms. The van der Waals surface area contributed by atoms with Gasteiger partial charge < -0.3 is 29.1 Å². The van der Waals surface area contributed by atoms with Crippen LogP contribution in [0.5, 0.6) is 11.5 Å². The molecule has 1 aliphatic rings. The second-order valence-electron chi connectivity index (χ2n) is 5.44. The molecular weight excluding hydrogens is 293 g/mol. The Kier molecular flexibility index (Phi) is 4.94. The van der Waals surface area contributed by atoms with Crippen molar-refractivity contribution in [2.45, 2.75) is 32.7 Å². The lowest BCUT2D eigenvalue weighted by Crippen LogP contribution is -3.10. The van der Waals surface area contributed by atoms with Crippen molar-refractivity contribution in [3.05, 3.63) is 23.3 Å². The lowest BCUT2D eigenvalue weighted by molar-refractivity contribution is -0.908. The molecule has 2 rings (SSSR count). The van der Waals surface area contributed by atoms with Crippen LogP contribution in [-0.2, 0) is 9.09 Å². The number of phenols is 2. The minimum absolute atomic E-state index is 0.0413. The maximum atomic E-state index is 11.9. The van der Waals surface area contributed by atoms with Crippen LogP contribution >= 0.6 is 7.60 Å². The van der Waals surface area contributed by atoms with E-state index in [1.165, 1.54) is 0 Å². The average molecular weight is 315 g/mol. The van der Waals surface area contributed by atoms with Crippen molar-refractivity contribution in [2.24, 2.45) is 0 Å². The van der Waals surface area contributed by atoms with E-state index in [1.807, 2.05) is 0 Å². The highest BCUT2D eigenvalue weighted by atomic mass is 31.2. The van der Waals surface area contributed by atoms with Crippen LogP contribution in [0.4, 0.5) is 0 Å². The van der Waals surface area contributed by atoms with Gasteiger partial charge in [-0.05, 0) is 26.0 Å². The molecule has 118 valence electrons. The average Bonchev–Trinajstić information content (AvgIpc) is 2.83. The highest BCUT2D eigenvalue weighted by Gasteiger charge is 2.34. The smallest absolute Gasteiger partial charge is 0.189 e. The molecule has 1 fully saturated rings. The van der Waals surface area contributed by atoms with E-state index in [-0.39, 0.29) is 30.4 Å². The Morgan fingerprint density at radius 1 is 1.48 bits per heavy atom. The first-order valence-corrected chi connectivity index (χ1v) is 8.89. The van der Waals surface area contributed by atoms with E-state index >= 15 is 0 Å². The van der Waals surface area contributed by atoms with Gasteiger partial charge in [0.25, 0.3) is 0 Å². The normalized spacial score (nSPS) is 24.9. The third kappa shape index (κ3) is 3.58. The third-order valence-corrected chi connectivity index (χ3v) is 5.46. The molecule has 0 saturated carbocycles. The summed E-state index contributed by atoms with van der Waals surface area (Å²) in [5.74, 6) is 0.0937. The van der Waals surface area contributed by atoms with Crippen LogP contribution in [0.1, 0.15) is 36.9 Å². The van der Waals surface area contributed by atoms with Gasteiger partial charge in [0, 0.05) is 18.4 Å². The molecule has 3 N–H and O–H groups in total. The Labute approximate surface area is 124 Å². The van der Waals surface area contributed by atoms with E-state index in [1.54, 1.807) is 26.0 Å². The molecule has 1 aromatic rings. The van der Waals surface area contributed by atoms with E-state index in [0.29, 0.717) is 11.1 Å². The molecule has 0 spiro atoms. The summed E-state index contributed by atoms with van der Waals surface area (Å²) in [6.45, 7) is 4.16. The quantitative estimate of drug-likeness (QED) is 0.695. The maximum Gasteiger partial charge on any atom is 0.189 e. The Morgan fingerprint density at radius 2 is 2.19 bits per heavy atom. The molecule has 1 saturated heterocycles. The summed E-state index contributed by atoms with van der Waals surface area (Å²) in [4.78, 5) is 12.7. The van der Waals surface area contributed by atoms with E-state index < -0.39 is 7.60 Å². The SMILES string of the molecule is CCOP(=O)([O-])C[NH+]1CCCC1c1ccc(O)c(C)c1O. The summed E-state index contributed by atoms with van der Waals surface area (Å²) < 4.78 is 16.7. The van der Waals surface area contributed by atoms with Crippen LogP contribution in [0.15, 0.2) is 12.1 Å². The molecule has 7 heteroatoms. The summed E-state index contributed by atoms with van der Waals surface area (Å²) in [6, 6.07) is 3.12. The van der Waals surface area contributed by atoms with Crippen LogP contribution in [0.3, 0.4) is 0 Å². The largest absolute Gasteiger partial charge is 0.774 e. The van der Waals surface area contributed by atoms with Crippen molar-refractivity contribution < 1.29 is 29.1 Å². The molecule has 1 aliphatic heterocycles. The van der Waals surface area contributed by atoms with Gasteiger partial charge in [0.1, 0.15) is 23.8 Å². The lowest BCUT2D eigenvalue weighted by Gasteiger charge is -2.29. The van der Waals surface area contributed by atoms with Crippen molar-refractivity contribution in [1.29, 1.82) is 0 Å². The van der Waals surface area contributed by atoms with Crippen LogP contribution < -0.4 is 9.79 Å². The Morgan fingerprint density at radius 3 is 2.86 bits per heavy atom. The minimum Gasteiger partial charge on any atom is -0.774 e. The second kappa shape index (κ2) is 6.36. The molecule has 0 radical (unpaired) electrons. The fourth-order valence-corrected chi connectivity index (χ4v) is 4.32. The summed E-state index contributed by atoms with van der Waals surface area (Å²) in [7, 11) is -3.85. The second-order valence-corrected chi connectivity index (χ2v) is 7.23. The number of hydrogen-bond acceptors (Lipinski definition) is 5. The predicted molar refractivity (Wildman–Crippen MR) is 76.4 cm³/mol. The van der Waals surface area contributed by atoms with E-state index in [0.717, 1.165) is 24.3 Å².